The molecule has 17 heteroatoms. The van der Waals surface area contributed by atoms with Gasteiger partial charge < -0.3 is 20.1 Å². The maximum Gasteiger partial charge on any atom is 0.243 e. The number of carbonyl (C=O) groups is 2. The zero-order chi connectivity index (χ0) is 38.6. The van der Waals surface area contributed by atoms with Gasteiger partial charge in [0, 0.05) is 26.9 Å². The first-order valence-electron chi connectivity index (χ1n) is 16.3. The molecule has 2 amide bonds. The lowest BCUT2D eigenvalue weighted by Crippen LogP contribution is -2.54. The van der Waals surface area contributed by atoms with Crippen LogP contribution in [0.3, 0.4) is 0 Å². The predicted molar refractivity (Wildman–Crippen MR) is 199 cm³/mol. The van der Waals surface area contributed by atoms with Crippen LogP contribution in [0.4, 0.5) is 11.4 Å². The number of sulfonamides is 2. The van der Waals surface area contributed by atoms with Gasteiger partial charge in [0.05, 0.1) is 59.0 Å². The van der Waals surface area contributed by atoms with Crippen molar-refractivity contribution < 1.29 is 44.3 Å². The highest BCUT2D eigenvalue weighted by molar-refractivity contribution is 7.92. The van der Waals surface area contributed by atoms with Crippen LogP contribution in [-0.4, -0.2) is 83.5 Å². The summed E-state index contributed by atoms with van der Waals surface area (Å²) < 4.78 is 99.1. The normalized spacial score (nSPS) is 17.0. The standard InChI is InChI=1S/C36H40N4O10S3/c1-25(41)37-31-19-29(15-17-35(31)49-3)52(45,46)39(21-27-11-7-5-8-12-27)33-23-51(43,44)24-34(33)40(22-28-13-9-6-10-14-28)53(47,48)30-16-18-36(50-4)32(20-30)38-26(2)42/h5-20,33-34H,21-24H2,1-4H3,(H,37,41)(H,38,42)/t33-,34+. The third kappa shape index (κ3) is 9.05. The lowest BCUT2D eigenvalue weighted by molar-refractivity contribution is -0.115. The van der Waals surface area contributed by atoms with E-state index >= 15 is 0 Å². The minimum atomic E-state index is -4.62. The van der Waals surface area contributed by atoms with Gasteiger partial charge in [0.2, 0.25) is 31.9 Å². The van der Waals surface area contributed by atoms with Gasteiger partial charge in [-0.2, -0.15) is 8.61 Å². The zero-order valence-corrected chi connectivity index (χ0v) is 31.9. The van der Waals surface area contributed by atoms with Gasteiger partial charge in [-0.15, -0.1) is 0 Å². The fourth-order valence-corrected chi connectivity index (χ4v) is 11.7. The number of benzene rings is 4. The molecule has 14 nitrogen and oxygen atoms in total. The summed E-state index contributed by atoms with van der Waals surface area (Å²) >= 11 is 0. The fraction of sp³-hybridized carbons (Fsp3) is 0.278. The van der Waals surface area contributed by atoms with Crippen molar-refractivity contribution in [1.82, 2.24) is 8.61 Å². The second-order valence-corrected chi connectivity index (χ2v) is 18.3. The van der Waals surface area contributed by atoms with Crippen LogP contribution in [0.1, 0.15) is 25.0 Å². The van der Waals surface area contributed by atoms with Crippen LogP contribution in [0, 0.1) is 0 Å². The number of sulfone groups is 1. The molecule has 0 spiro atoms. The number of hydrogen-bond acceptors (Lipinski definition) is 10. The summed E-state index contributed by atoms with van der Waals surface area (Å²) in [6.45, 7) is 1.88. The Morgan fingerprint density at radius 2 is 1.00 bits per heavy atom. The average molecular weight is 785 g/mol. The van der Waals surface area contributed by atoms with Crippen LogP contribution in [0.25, 0.3) is 0 Å². The molecule has 1 fully saturated rings. The molecule has 0 radical (unpaired) electrons. The van der Waals surface area contributed by atoms with Crippen molar-refractivity contribution in [1.29, 1.82) is 0 Å². The Hall–Kier alpha value is -4.81. The first-order valence-corrected chi connectivity index (χ1v) is 21.0. The monoisotopic (exact) mass is 784 g/mol. The van der Waals surface area contributed by atoms with Crippen LogP contribution in [0.15, 0.2) is 107 Å². The summed E-state index contributed by atoms with van der Waals surface area (Å²) in [6, 6.07) is 21.9. The Morgan fingerprint density at radius 1 is 0.642 bits per heavy atom. The molecule has 1 aliphatic heterocycles. The van der Waals surface area contributed by atoms with Gasteiger partial charge in [-0.1, -0.05) is 60.7 Å². The Kier molecular flexibility index (Phi) is 11.9. The molecule has 0 saturated carbocycles. The summed E-state index contributed by atoms with van der Waals surface area (Å²) in [6.07, 6.45) is 0. The molecule has 53 heavy (non-hydrogen) atoms. The van der Waals surface area contributed by atoms with E-state index in [0.717, 1.165) is 8.61 Å². The molecule has 1 saturated heterocycles. The van der Waals surface area contributed by atoms with Crippen LogP contribution in [-0.2, 0) is 52.6 Å². The Balaban J connectivity index is 1.71. The van der Waals surface area contributed by atoms with E-state index in [-0.39, 0.29) is 45.8 Å². The van der Waals surface area contributed by atoms with Gasteiger partial charge in [0.15, 0.2) is 9.84 Å². The molecular weight excluding hydrogens is 745 g/mol. The lowest BCUT2D eigenvalue weighted by Gasteiger charge is -2.37. The Labute approximate surface area is 309 Å². The molecule has 1 heterocycles. The highest BCUT2D eigenvalue weighted by Gasteiger charge is 2.51. The van der Waals surface area contributed by atoms with E-state index < -0.39 is 65.3 Å². The number of rotatable bonds is 14. The number of anilines is 2. The summed E-state index contributed by atoms with van der Waals surface area (Å²) in [4.78, 5) is 23.4. The van der Waals surface area contributed by atoms with Crippen molar-refractivity contribution in [2.75, 3.05) is 36.4 Å². The minimum absolute atomic E-state index is 0.0686. The van der Waals surface area contributed by atoms with E-state index in [1.165, 1.54) is 64.5 Å². The maximum atomic E-state index is 14.8. The number of nitrogens with one attached hydrogen (secondary N) is 2. The van der Waals surface area contributed by atoms with E-state index in [0.29, 0.717) is 11.1 Å². The largest absolute Gasteiger partial charge is 0.495 e. The average Bonchev–Trinajstić information content (AvgIpc) is 3.43. The van der Waals surface area contributed by atoms with Gasteiger partial charge >= 0.3 is 0 Å². The Morgan fingerprint density at radius 3 is 1.32 bits per heavy atom. The molecule has 0 aromatic heterocycles. The van der Waals surface area contributed by atoms with E-state index in [2.05, 4.69) is 10.6 Å². The van der Waals surface area contributed by atoms with Gasteiger partial charge in [-0.3, -0.25) is 9.59 Å². The summed E-state index contributed by atoms with van der Waals surface area (Å²) in [5.41, 5.74) is 1.17. The van der Waals surface area contributed by atoms with E-state index in [4.69, 9.17) is 9.47 Å². The molecule has 282 valence electrons. The summed E-state index contributed by atoms with van der Waals surface area (Å²) in [5.74, 6) is -1.95. The van der Waals surface area contributed by atoms with Crippen LogP contribution >= 0.6 is 0 Å². The minimum Gasteiger partial charge on any atom is -0.495 e. The molecule has 4 aromatic carbocycles. The molecule has 1 aliphatic rings. The molecular formula is C36H40N4O10S3. The van der Waals surface area contributed by atoms with Crippen molar-refractivity contribution >= 4 is 53.1 Å². The highest BCUT2D eigenvalue weighted by Crippen LogP contribution is 2.37. The second kappa shape index (κ2) is 16.1. The van der Waals surface area contributed by atoms with E-state index in [9.17, 15) is 34.8 Å². The molecule has 5 rings (SSSR count). The van der Waals surface area contributed by atoms with Crippen LogP contribution in [0.2, 0.25) is 0 Å². The molecule has 0 bridgehead atoms. The predicted octanol–water partition coefficient (Wildman–Crippen LogP) is 3.87. The number of carbonyl (C=O) groups excluding carboxylic acids is 2. The highest BCUT2D eigenvalue weighted by atomic mass is 32.2. The zero-order valence-electron chi connectivity index (χ0n) is 29.4. The van der Waals surface area contributed by atoms with Gasteiger partial charge in [-0.05, 0) is 47.5 Å². The number of hydrogen-bond donors (Lipinski definition) is 2. The number of nitrogens with zero attached hydrogens (tertiary/aromatic N) is 2. The summed E-state index contributed by atoms with van der Waals surface area (Å²) in [5, 5.41) is 5.12. The van der Waals surface area contributed by atoms with Crippen LogP contribution < -0.4 is 20.1 Å². The quantitative estimate of drug-likeness (QED) is 0.190. The SMILES string of the molecule is COc1ccc(S(=O)(=O)N(Cc2ccccc2)[C@@H]2CS(=O)(=O)C[C@@H]2N(Cc2ccccc2)S(=O)(=O)c2ccc(OC)c(NC(C)=O)c2)cc1NC(C)=O. The number of ether oxygens (including phenoxy) is 2. The second-order valence-electron chi connectivity index (χ2n) is 12.4. The van der Waals surface area contributed by atoms with Crippen LogP contribution in [0.5, 0.6) is 11.5 Å². The first kappa shape index (κ1) is 39.4. The van der Waals surface area contributed by atoms with Gasteiger partial charge in [-0.25, -0.2) is 25.3 Å². The third-order valence-corrected chi connectivity index (χ3v) is 14.0. The topological polar surface area (TPSA) is 186 Å². The maximum absolute atomic E-state index is 14.8. The lowest BCUT2D eigenvalue weighted by atomic mass is 10.1. The van der Waals surface area contributed by atoms with Crippen molar-refractivity contribution in [2.24, 2.45) is 0 Å². The molecule has 2 atom stereocenters. The molecule has 4 aromatic rings. The first-order chi connectivity index (χ1) is 25.1. The van der Waals surface area contributed by atoms with E-state index in [1.807, 2.05) is 0 Å². The Bertz CT molecular complexity index is 2150. The fourth-order valence-electron chi connectivity index (χ4n) is 6.19. The number of amides is 2. The van der Waals surface area contributed by atoms with Gasteiger partial charge in [0.25, 0.3) is 0 Å². The molecule has 0 aliphatic carbocycles. The van der Waals surface area contributed by atoms with Gasteiger partial charge in [0.1, 0.15) is 11.5 Å². The summed E-state index contributed by atoms with van der Waals surface area (Å²) in [7, 11) is -10.6. The molecule has 2 N–H and O–H groups in total. The van der Waals surface area contributed by atoms with Crippen molar-refractivity contribution in [3.05, 3.63) is 108 Å². The van der Waals surface area contributed by atoms with E-state index in [1.54, 1.807) is 60.7 Å². The molecule has 0 unspecified atom stereocenters. The van der Waals surface area contributed by atoms with Crippen molar-refractivity contribution in [3.63, 3.8) is 0 Å². The third-order valence-electron chi connectivity index (χ3n) is 8.57. The number of methoxy groups -OCH3 is 2. The van der Waals surface area contributed by atoms with Crippen molar-refractivity contribution in [3.8, 4) is 11.5 Å². The van der Waals surface area contributed by atoms with Crippen molar-refractivity contribution in [2.45, 2.75) is 48.8 Å². The smallest absolute Gasteiger partial charge is 0.243 e.